The zero-order valence-electron chi connectivity index (χ0n) is 12.7. The van der Waals surface area contributed by atoms with Crippen LogP contribution in [0.2, 0.25) is 0 Å². The predicted octanol–water partition coefficient (Wildman–Crippen LogP) is 2.87. The first-order valence-electron chi connectivity index (χ1n) is 7.15. The first-order chi connectivity index (χ1) is 10.4. The quantitative estimate of drug-likeness (QED) is 0.906. The van der Waals surface area contributed by atoms with E-state index >= 15 is 0 Å². The molecule has 1 aromatic rings. The van der Waals surface area contributed by atoms with Crippen LogP contribution in [0.5, 0.6) is 5.75 Å². The second-order valence-corrected chi connectivity index (χ2v) is 5.31. The average Bonchev–Trinajstić information content (AvgIpc) is 2.52. The Balaban J connectivity index is 0.00000264. The van der Waals surface area contributed by atoms with E-state index in [1.807, 2.05) is 7.05 Å². The summed E-state index contributed by atoms with van der Waals surface area (Å²) < 4.78 is 40.8. The van der Waals surface area contributed by atoms with Gasteiger partial charge in [0.1, 0.15) is 5.75 Å². The van der Waals surface area contributed by atoms with Gasteiger partial charge in [0.15, 0.2) is 6.61 Å². The first-order valence-corrected chi connectivity index (χ1v) is 7.15. The largest absolute Gasteiger partial charge is 0.484 e. The SMILES string of the molecule is CNC1CCCN(C(=O)c2ccc(OCC(F)(F)F)cc2)C1.Cl. The Morgan fingerprint density at radius 1 is 1.35 bits per heavy atom. The number of ether oxygens (including phenoxy) is 1. The van der Waals surface area contributed by atoms with E-state index in [-0.39, 0.29) is 30.1 Å². The Morgan fingerprint density at radius 2 is 2.00 bits per heavy atom. The molecule has 1 fully saturated rings. The van der Waals surface area contributed by atoms with Gasteiger partial charge in [-0.25, -0.2) is 0 Å². The molecule has 2 rings (SSSR count). The van der Waals surface area contributed by atoms with Crippen molar-refractivity contribution in [2.45, 2.75) is 25.1 Å². The van der Waals surface area contributed by atoms with Crippen LogP contribution in [0.15, 0.2) is 24.3 Å². The van der Waals surface area contributed by atoms with E-state index in [9.17, 15) is 18.0 Å². The highest BCUT2D eigenvalue weighted by atomic mass is 35.5. The van der Waals surface area contributed by atoms with Gasteiger partial charge in [0.2, 0.25) is 0 Å². The lowest BCUT2D eigenvalue weighted by atomic mass is 10.0. The molecule has 1 saturated heterocycles. The van der Waals surface area contributed by atoms with Crippen LogP contribution >= 0.6 is 12.4 Å². The van der Waals surface area contributed by atoms with Gasteiger partial charge in [0, 0.05) is 24.7 Å². The maximum absolute atomic E-state index is 12.4. The molecule has 23 heavy (non-hydrogen) atoms. The van der Waals surface area contributed by atoms with Crippen molar-refractivity contribution < 1.29 is 22.7 Å². The summed E-state index contributed by atoms with van der Waals surface area (Å²) in [6.07, 6.45) is -2.40. The molecule has 1 aliphatic heterocycles. The number of rotatable bonds is 4. The second kappa shape index (κ2) is 8.40. The van der Waals surface area contributed by atoms with E-state index in [1.165, 1.54) is 24.3 Å². The van der Waals surface area contributed by atoms with E-state index in [0.29, 0.717) is 18.7 Å². The van der Waals surface area contributed by atoms with Crippen molar-refractivity contribution in [3.63, 3.8) is 0 Å². The molecule has 0 aromatic heterocycles. The number of likely N-dealkylation sites (tertiary alicyclic amines) is 1. The Morgan fingerprint density at radius 3 is 2.57 bits per heavy atom. The van der Waals surface area contributed by atoms with Crippen molar-refractivity contribution in [3.05, 3.63) is 29.8 Å². The maximum atomic E-state index is 12.4. The number of nitrogens with one attached hydrogen (secondary N) is 1. The van der Waals surface area contributed by atoms with Crippen molar-refractivity contribution in [3.8, 4) is 5.75 Å². The van der Waals surface area contributed by atoms with Crippen molar-refractivity contribution in [2.75, 3.05) is 26.7 Å². The molecule has 1 unspecified atom stereocenters. The fraction of sp³-hybridized carbons (Fsp3) is 0.533. The molecular formula is C15H20ClF3N2O2. The molecule has 8 heteroatoms. The van der Waals surface area contributed by atoms with Gasteiger partial charge in [-0.05, 0) is 44.2 Å². The molecular weight excluding hydrogens is 333 g/mol. The van der Waals surface area contributed by atoms with Crippen LogP contribution in [0.3, 0.4) is 0 Å². The van der Waals surface area contributed by atoms with Gasteiger partial charge in [-0.1, -0.05) is 0 Å². The summed E-state index contributed by atoms with van der Waals surface area (Å²) in [5.41, 5.74) is 0.455. The normalized spacial score (nSPS) is 18.3. The smallest absolute Gasteiger partial charge is 0.422 e. The summed E-state index contributed by atoms with van der Waals surface area (Å²) >= 11 is 0. The highest BCUT2D eigenvalue weighted by molar-refractivity contribution is 5.94. The summed E-state index contributed by atoms with van der Waals surface area (Å²) in [6.45, 7) is 0.00125. The Hall–Kier alpha value is -1.47. The standard InChI is InChI=1S/C15H19F3N2O2.ClH/c1-19-12-3-2-8-20(9-12)14(21)11-4-6-13(7-5-11)22-10-15(16,17)18;/h4-7,12,19H,2-3,8-10H2,1H3;1H. The number of piperidine rings is 1. The summed E-state index contributed by atoms with van der Waals surface area (Å²) in [6, 6.07) is 6.05. The summed E-state index contributed by atoms with van der Waals surface area (Å²) in [5, 5.41) is 3.16. The first kappa shape index (κ1) is 19.6. The minimum absolute atomic E-state index is 0. The number of nitrogens with zero attached hydrogens (tertiary/aromatic N) is 1. The monoisotopic (exact) mass is 352 g/mol. The molecule has 4 nitrogen and oxygen atoms in total. The van der Waals surface area contributed by atoms with Gasteiger partial charge in [-0.3, -0.25) is 4.79 Å². The molecule has 0 bridgehead atoms. The van der Waals surface area contributed by atoms with Crippen molar-refractivity contribution in [1.82, 2.24) is 10.2 Å². The summed E-state index contributed by atoms with van der Waals surface area (Å²) in [4.78, 5) is 14.1. The molecule has 1 heterocycles. The van der Waals surface area contributed by atoms with E-state index in [1.54, 1.807) is 4.90 Å². The lowest BCUT2D eigenvalue weighted by Crippen LogP contribution is -2.46. The molecule has 1 amide bonds. The third-order valence-electron chi connectivity index (χ3n) is 3.62. The number of benzene rings is 1. The van der Waals surface area contributed by atoms with Crippen LogP contribution in [0.1, 0.15) is 23.2 Å². The Bertz CT molecular complexity index is 508. The van der Waals surface area contributed by atoms with Gasteiger partial charge in [-0.15, -0.1) is 12.4 Å². The molecule has 0 aliphatic carbocycles. The number of amides is 1. The highest BCUT2D eigenvalue weighted by Crippen LogP contribution is 2.20. The lowest BCUT2D eigenvalue weighted by molar-refractivity contribution is -0.153. The number of halogens is 4. The minimum Gasteiger partial charge on any atom is -0.484 e. The molecule has 1 N–H and O–H groups in total. The Kier molecular flexibility index (Phi) is 7.15. The van der Waals surface area contributed by atoms with Crippen LogP contribution in [0.25, 0.3) is 0 Å². The van der Waals surface area contributed by atoms with E-state index in [0.717, 1.165) is 12.8 Å². The van der Waals surface area contributed by atoms with Crippen LogP contribution in [-0.2, 0) is 0 Å². The van der Waals surface area contributed by atoms with Gasteiger partial charge in [0.05, 0.1) is 0 Å². The zero-order valence-corrected chi connectivity index (χ0v) is 13.5. The van der Waals surface area contributed by atoms with Crippen LogP contribution < -0.4 is 10.1 Å². The van der Waals surface area contributed by atoms with Crippen molar-refractivity contribution >= 4 is 18.3 Å². The molecule has 0 saturated carbocycles. The van der Waals surface area contributed by atoms with Crippen LogP contribution in [0, 0.1) is 0 Å². The fourth-order valence-corrected chi connectivity index (χ4v) is 2.44. The third kappa shape index (κ3) is 5.91. The second-order valence-electron chi connectivity index (χ2n) is 5.31. The number of likely N-dealkylation sites (N-methyl/N-ethyl adjacent to an activating group) is 1. The summed E-state index contributed by atoms with van der Waals surface area (Å²) in [7, 11) is 1.87. The zero-order chi connectivity index (χ0) is 16.2. The molecule has 130 valence electrons. The number of hydrogen-bond acceptors (Lipinski definition) is 3. The average molecular weight is 353 g/mol. The predicted molar refractivity (Wildman–Crippen MR) is 83.2 cm³/mol. The van der Waals surface area contributed by atoms with Gasteiger partial charge < -0.3 is 15.0 Å². The maximum Gasteiger partial charge on any atom is 0.422 e. The van der Waals surface area contributed by atoms with Gasteiger partial charge >= 0.3 is 6.18 Å². The van der Waals surface area contributed by atoms with Crippen molar-refractivity contribution in [2.24, 2.45) is 0 Å². The van der Waals surface area contributed by atoms with Gasteiger partial charge in [0.25, 0.3) is 5.91 Å². The summed E-state index contributed by atoms with van der Waals surface area (Å²) in [5.74, 6) is -0.0112. The third-order valence-corrected chi connectivity index (χ3v) is 3.62. The lowest BCUT2D eigenvalue weighted by Gasteiger charge is -2.32. The minimum atomic E-state index is -4.37. The fourth-order valence-electron chi connectivity index (χ4n) is 2.44. The molecule has 0 spiro atoms. The number of alkyl halides is 3. The number of carbonyl (C=O) groups excluding carboxylic acids is 1. The van der Waals surface area contributed by atoms with Gasteiger partial charge in [-0.2, -0.15) is 13.2 Å². The topological polar surface area (TPSA) is 41.6 Å². The van der Waals surface area contributed by atoms with E-state index < -0.39 is 12.8 Å². The van der Waals surface area contributed by atoms with Crippen LogP contribution in [-0.4, -0.2) is 49.8 Å². The van der Waals surface area contributed by atoms with Crippen LogP contribution in [0.4, 0.5) is 13.2 Å². The number of hydrogen-bond donors (Lipinski definition) is 1. The number of carbonyl (C=O) groups is 1. The highest BCUT2D eigenvalue weighted by Gasteiger charge is 2.28. The van der Waals surface area contributed by atoms with E-state index in [2.05, 4.69) is 10.1 Å². The molecule has 1 aromatic carbocycles. The molecule has 1 atom stereocenters. The van der Waals surface area contributed by atoms with E-state index in [4.69, 9.17) is 0 Å². The Labute approximate surface area is 139 Å². The molecule has 0 radical (unpaired) electrons. The molecule has 1 aliphatic rings. The van der Waals surface area contributed by atoms with Crippen molar-refractivity contribution in [1.29, 1.82) is 0 Å².